The highest BCUT2D eigenvalue weighted by Crippen LogP contribution is 2.40. The number of ether oxygens (including phenoxy) is 1. The van der Waals surface area contributed by atoms with E-state index in [0.717, 1.165) is 44.2 Å². The summed E-state index contributed by atoms with van der Waals surface area (Å²) in [5, 5.41) is 0. The quantitative estimate of drug-likeness (QED) is 0.793. The van der Waals surface area contributed by atoms with E-state index in [9.17, 15) is 13.6 Å². The van der Waals surface area contributed by atoms with Crippen molar-refractivity contribution in [2.75, 3.05) is 6.61 Å². The summed E-state index contributed by atoms with van der Waals surface area (Å²) in [4.78, 5) is 14.8. The summed E-state index contributed by atoms with van der Waals surface area (Å²) in [5.74, 6) is -1.70. The van der Waals surface area contributed by atoms with Gasteiger partial charge in [0, 0.05) is 12.1 Å². The van der Waals surface area contributed by atoms with E-state index in [-0.39, 0.29) is 30.3 Å². The molecule has 4 rings (SSSR count). The van der Waals surface area contributed by atoms with Crippen molar-refractivity contribution in [2.45, 2.75) is 44.2 Å². The normalized spacial score (nSPS) is 18.9. The molecule has 1 atom stereocenters. The maximum absolute atomic E-state index is 13.7. The van der Waals surface area contributed by atoms with Gasteiger partial charge in [-0.25, -0.2) is 8.78 Å². The van der Waals surface area contributed by atoms with E-state index in [1.54, 1.807) is 0 Å². The molecule has 1 fully saturated rings. The summed E-state index contributed by atoms with van der Waals surface area (Å²) >= 11 is 0. The van der Waals surface area contributed by atoms with Crippen LogP contribution >= 0.6 is 0 Å². The predicted molar refractivity (Wildman–Crippen MR) is 93.8 cm³/mol. The lowest BCUT2D eigenvalue weighted by atomic mass is 9.86. The Bertz CT molecular complexity index is 819. The van der Waals surface area contributed by atoms with E-state index < -0.39 is 11.6 Å². The molecular weight excluding hydrogens is 336 g/mol. The number of halogens is 2. The minimum Gasteiger partial charge on any atom is -0.481 e. The molecule has 0 bridgehead atoms. The third-order valence-corrected chi connectivity index (χ3v) is 5.15. The number of carbonyl (C=O) groups excluding carboxylic acids is 1. The predicted octanol–water partition coefficient (Wildman–Crippen LogP) is 4.41. The highest BCUT2D eigenvalue weighted by atomic mass is 19.1. The first-order chi connectivity index (χ1) is 12.6. The number of aryl methyl sites for hydroxylation is 1. The van der Waals surface area contributed by atoms with Crippen LogP contribution < -0.4 is 4.74 Å². The Morgan fingerprint density at radius 3 is 2.69 bits per heavy atom. The molecule has 1 saturated carbocycles. The largest absolute Gasteiger partial charge is 0.481 e. The van der Waals surface area contributed by atoms with Crippen molar-refractivity contribution in [2.24, 2.45) is 0 Å². The van der Waals surface area contributed by atoms with Crippen molar-refractivity contribution in [3.8, 4) is 5.75 Å². The molecule has 0 aromatic heterocycles. The fourth-order valence-corrected chi connectivity index (χ4v) is 3.81. The van der Waals surface area contributed by atoms with E-state index in [1.165, 1.54) is 17.2 Å². The molecule has 2 aliphatic rings. The molecular formula is C21H21F2NO2. The summed E-state index contributed by atoms with van der Waals surface area (Å²) in [6.45, 7) is -0.238. The van der Waals surface area contributed by atoms with Gasteiger partial charge in [0.2, 0.25) is 0 Å². The number of hydrogen-bond acceptors (Lipinski definition) is 2. The first kappa shape index (κ1) is 17.0. The Hall–Kier alpha value is -2.43. The van der Waals surface area contributed by atoms with Gasteiger partial charge in [-0.2, -0.15) is 0 Å². The summed E-state index contributed by atoms with van der Waals surface area (Å²) in [7, 11) is 0. The van der Waals surface area contributed by atoms with Crippen LogP contribution in [0.1, 0.15) is 42.9 Å². The van der Waals surface area contributed by atoms with Gasteiger partial charge in [0.1, 0.15) is 5.82 Å². The monoisotopic (exact) mass is 357 g/mol. The van der Waals surface area contributed by atoms with Crippen molar-refractivity contribution in [3.05, 3.63) is 65.2 Å². The molecule has 26 heavy (non-hydrogen) atoms. The molecule has 2 aromatic carbocycles. The van der Waals surface area contributed by atoms with Gasteiger partial charge in [-0.05, 0) is 55.4 Å². The van der Waals surface area contributed by atoms with E-state index >= 15 is 0 Å². The molecule has 0 aliphatic heterocycles. The highest BCUT2D eigenvalue weighted by molar-refractivity contribution is 5.79. The number of hydrogen-bond donors (Lipinski definition) is 0. The van der Waals surface area contributed by atoms with Crippen LogP contribution in [0.4, 0.5) is 8.78 Å². The van der Waals surface area contributed by atoms with Crippen LogP contribution in [0, 0.1) is 11.6 Å². The first-order valence-corrected chi connectivity index (χ1v) is 9.10. The van der Waals surface area contributed by atoms with E-state index in [4.69, 9.17) is 4.74 Å². The molecule has 1 amide bonds. The lowest BCUT2D eigenvalue weighted by molar-refractivity contribution is -0.137. The van der Waals surface area contributed by atoms with Gasteiger partial charge in [0.25, 0.3) is 5.91 Å². The zero-order chi connectivity index (χ0) is 18.1. The smallest absolute Gasteiger partial charge is 0.261 e. The molecule has 1 unspecified atom stereocenters. The molecule has 0 saturated heterocycles. The number of rotatable bonds is 5. The van der Waals surface area contributed by atoms with Gasteiger partial charge in [0.15, 0.2) is 18.2 Å². The van der Waals surface area contributed by atoms with Crippen LogP contribution in [0.25, 0.3) is 0 Å². The molecule has 0 radical (unpaired) electrons. The molecule has 2 aliphatic carbocycles. The zero-order valence-corrected chi connectivity index (χ0v) is 14.5. The number of fused-ring (bicyclic) bond motifs is 1. The Labute approximate surface area is 151 Å². The molecule has 136 valence electrons. The maximum Gasteiger partial charge on any atom is 0.261 e. The second-order valence-corrected chi connectivity index (χ2v) is 7.00. The van der Waals surface area contributed by atoms with Crippen molar-refractivity contribution in [1.82, 2.24) is 4.90 Å². The minimum atomic E-state index is -0.793. The average Bonchev–Trinajstić information content (AvgIpc) is 3.46. The van der Waals surface area contributed by atoms with Crippen LogP contribution in [-0.2, 0) is 11.2 Å². The van der Waals surface area contributed by atoms with Crippen LogP contribution in [0.5, 0.6) is 5.75 Å². The molecule has 0 heterocycles. The lowest BCUT2D eigenvalue weighted by Gasteiger charge is -2.36. The van der Waals surface area contributed by atoms with E-state index in [2.05, 4.69) is 12.1 Å². The Balaban J connectivity index is 1.51. The van der Waals surface area contributed by atoms with Crippen molar-refractivity contribution < 1.29 is 18.3 Å². The van der Waals surface area contributed by atoms with Gasteiger partial charge in [-0.1, -0.05) is 24.3 Å². The molecule has 3 nitrogen and oxygen atoms in total. The zero-order valence-electron chi connectivity index (χ0n) is 14.5. The van der Waals surface area contributed by atoms with Gasteiger partial charge in [-0.15, -0.1) is 0 Å². The van der Waals surface area contributed by atoms with Crippen LogP contribution in [-0.4, -0.2) is 23.5 Å². The second-order valence-electron chi connectivity index (χ2n) is 7.00. The lowest BCUT2D eigenvalue weighted by Crippen LogP contribution is -2.41. The molecule has 2 aromatic rings. The summed E-state index contributed by atoms with van der Waals surface area (Å²) in [6, 6.07) is 11.7. The van der Waals surface area contributed by atoms with Gasteiger partial charge in [-0.3, -0.25) is 4.79 Å². The molecule has 0 N–H and O–H groups in total. The van der Waals surface area contributed by atoms with Crippen molar-refractivity contribution in [1.29, 1.82) is 0 Å². The third kappa shape index (κ3) is 3.43. The summed E-state index contributed by atoms with van der Waals surface area (Å²) < 4.78 is 32.1. The highest BCUT2D eigenvalue weighted by Gasteiger charge is 2.39. The minimum absolute atomic E-state index is 0.0571. The fourth-order valence-electron chi connectivity index (χ4n) is 3.81. The van der Waals surface area contributed by atoms with Crippen molar-refractivity contribution >= 4 is 5.91 Å². The maximum atomic E-state index is 13.7. The van der Waals surface area contributed by atoms with E-state index in [0.29, 0.717) is 0 Å². The Kier molecular flexibility index (Phi) is 4.62. The number of amides is 1. The van der Waals surface area contributed by atoms with Crippen LogP contribution in [0.15, 0.2) is 42.5 Å². The van der Waals surface area contributed by atoms with Crippen molar-refractivity contribution in [3.63, 3.8) is 0 Å². The fraction of sp³-hybridized carbons (Fsp3) is 0.381. The second kappa shape index (κ2) is 7.06. The number of benzene rings is 2. The van der Waals surface area contributed by atoms with Crippen LogP contribution in [0.2, 0.25) is 0 Å². The van der Waals surface area contributed by atoms with Crippen LogP contribution in [0.3, 0.4) is 0 Å². The SMILES string of the molecule is O=C(COc1ccc(F)cc1F)N(C1CC1)C1CCCc2ccccc21. The third-order valence-electron chi connectivity index (χ3n) is 5.15. The number of nitrogens with zero attached hydrogens (tertiary/aromatic N) is 1. The average molecular weight is 357 g/mol. The molecule has 5 heteroatoms. The standard InChI is InChI=1S/C21H21F2NO2/c22-15-8-11-20(18(23)12-15)26-13-21(25)24(16-9-10-16)19-7-3-5-14-4-1-2-6-17(14)19/h1-2,4,6,8,11-12,16,19H,3,5,7,9-10,13H2. The van der Waals surface area contributed by atoms with Gasteiger partial charge >= 0.3 is 0 Å². The first-order valence-electron chi connectivity index (χ1n) is 9.10. The summed E-state index contributed by atoms with van der Waals surface area (Å²) in [5.41, 5.74) is 2.51. The Morgan fingerprint density at radius 2 is 1.92 bits per heavy atom. The van der Waals surface area contributed by atoms with E-state index in [1.807, 2.05) is 17.0 Å². The summed E-state index contributed by atoms with van der Waals surface area (Å²) in [6.07, 6.45) is 5.01. The topological polar surface area (TPSA) is 29.5 Å². The van der Waals surface area contributed by atoms with Gasteiger partial charge in [0.05, 0.1) is 6.04 Å². The number of carbonyl (C=O) groups is 1. The van der Waals surface area contributed by atoms with Gasteiger partial charge < -0.3 is 9.64 Å². The molecule has 0 spiro atoms. The Morgan fingerprint density at radius 1 is 1.12 bits per heavy atom.